The maximum atomic E-state index is 9.36. The smallest absolute Gasteiger partial charge is 0.101 e. The van der Waals surface area contributed by atoms with Crippen LogP contribution in [-0.4, -0.2) is 11.1 Å². The normalized spacial score (nSPS) is 14.0. The first-order valence-corrected chi connectivity index (χ1v) is 7.67. The lowest BCUT2D eigenvalue weighted by molar-refractivity contribution is 0.282. The predicted octanol–water partition coefficient (Wildman–Crippen LogP) is 3.28. The van der Waals surface area contributed by atoms with E-state index in [1.807, 2.05) is 12.1 Å². The summed E-state index contributed by atoms with van der Waals surface area (Å²) in [7, 11) is 0. The van der Waals surface area contributed by atoms with Crippen molar-refractivity contribution in [3.05, 3.63) is 51.7 Å². The van der Waals surface area contributed by atoms with Gasteiger partial charge in [0, 0.05) is 12.6 Å². The van der Waals surface area contributed by atoms with Gasteiger partial charge in [-0.2, -0.15) is 16.6 Å². The van der Waals surface area contributed by atoms with Crippen LogP contribution in [0.1, 0.15) is 29.5 Å². The first-order valence-electron chi connectivity index (χ1n) is 6.73. The number of nitrogens with zero attached hydrogens (tertiary/aromatic N) is 2. The Balaban J connectivity index is 1.93. The fourth-order valence-corrected chi connectivity index (χ4v) is 3.06. The summed E-state index contributed by atoms with van der Waals surface area (Å²) in [4.78, 5) is 2.32. The Bertz CT molecular complexity index is 626. The summed E-state index contributed by atoms with van der Waals surface area (Å²) < 4.78 is 0. The number of hydrogen-bond acceptors (Lipinski definition) is 4. The molecule has 0 bridgehead atoms. The Hall–Kier alpha value is -1.83. The van der Waals surface area contributed by atoms with Crippen LogP contribution < -0.4 is 4.90 Å². The van der Waals surface area contributed by atoms with Crippen LogP contribution in [0.15, 0.2) is 35.0 Å². The third-order valence-corrected chi connectivity index (χ3v) is 4.33. The van der Waals surface area contributed by atoms with Gasteiger partial charge in [0.15, 0.2) is 0 Å². The van der Waals surface area contributed by atoms with Gasteiger partial charge in [-0.05, 0) is 52.9 Å². The number of aliphatic hydroxyl groups is 1. The molecule has 102 valence electrons. The number of hydrogen-bond donors (Lipinski definition) is 1. The Kier molecular flexibility index (Phi) is 3.72. The van der Waals surface area contributed by atoms with E-state index in [-0.39, 0.29) is 6.61 Å². The van der Waals surface area contributed by atoms with Gasteiger partial charge in [-0.1, -0.05) is 6.07 Å². The maximum absolute atomic E-state index is 9.36. The van der Waals surface area contributed by atoms with Crippen LogP contribution in [0.2, 0.25) is 0 Å². The number of aliphatic hydroxyl groups excluding tert-OH is 1. The molecule has 20 heavy (non-hydrogen) atoms. The van der Waals surface area contributed by atoms with Crippen molar-refractivity contribution in [1.82, 2.24) is 0 Å². The van der Waals surface area contributed by atoms with Crippen molar-refractivity contribution in [2.45, 2.75) is 32.0 Å². The van der Waals surface area contributed by atoms with E-state index in [1.54, 1.807) is 17.4 Å². The van der Waals surface area contributed by atoms with E-state index >= 15 is 0 Å². The molecule has 1 saturated carbocycles. The molecule has 1 aromatic carbocycles. The lowest BCUT2D eigenvalue weighted by atomic mass is 10.1. The molecular formula is C16H16N2OS. The molecular weight excluding hydrogens is 268 g/mol. The third-order valence-electron chi connectivity index (χ3n) is 3.59. The Morgan fingerprint density at radius 3 is 2.75 bits per heavy atom. The molecule has 4 heteroatoms. The largest absolute Gasteiger partial charge is 0.392 e. The molecule has 3 nitrogen and oxygen atoms in total. The number of thiophene rings is 1. The standard InChI is InChI=1S/C16H16N2OS/c17-8-14-7-12(10-19)1-4-16(14)18(15-2-3-15)9-13-5-6-20-11-13/h1,4-7,11,15,19H,2-3,9-10H2. The molecule has 1 aliphatic carbocycles. The highest BCUT2D eigenvalue weighted by molar-refractivity contribution is 7.07. The van der Waals surface area contributed by atoms with E-state index in [0.717, 1.165) is 17.8 Å². The average Bonchev–Trinajstić information content (AvgIpc) is 3.21. The molecule has 1 fully saturated rings. The highest BCUT2D eigenvalue weighted by atomic mass is 32.1. The van der Waals surface area contributed by atoms with E-state index in [4.69, 9.17) is 0 Å². The molecule has 0 aliphatic heterocycles. The SMILES string of the molecule is N#Cc1cc(CO)ccc1N(Cc1ccsc1)C1CC1. The molecule has 1 N–H and O–H groups in total. The van der Waals surface area contributed by atoms with Crippen molar-refractivity contribution in [3.8, 4) is 6.07 Å². The van der Waals surface area contributed by atoms with E-state index in [1.165, 1.54) is 18.4 Å². The molecule has 2 aromatic rings. The van der Waals surface area contributed by atoms with Crippen LogP contribution in [0.4, 0.5) is 5.69 Å². The van der Waals surface area contributed by atoms with Crippen molar-refractivity contribution < 1.29 is 5.11 Å². The van der Waals surface area contributed by atoms with Crippen molar-refractivity contribution in [1.29, 1.82) is 5.26 Å². The van der Waals surface area contributed by atoms with Crippen molar-refractivity contribution in [3.63, 3.8) is 0 Å². The molecule has 0 unspecified atom stereocenters. The van der Waals surface area contributed by atoms with Gasteiger partial charge in [0.1, 0.15) is 6.07 Å². The summed E-state index contributed by atoms with van der Waals surface area (Å²) >= 11 is 1.70. The predicted molar refractivity (Wildman–Crippen MR) is 80.6 cm³/mol. The molecule has 0 atom stereocenters. The fourth-order valence-electron chi connectivity index (χ4n) is 2.40. The summed E-state index contributed by atoms with van der Waals surface area (Å²) in [5.74, 6) is 0. The van der Waals surface area contributed by atoms with Gasteiger partial charge in [-0.25, -0.2) is 0 Å². The van der Waals surface area contributed by atoms with Gasteiger partial charge < -0.3 is 10.0 Å². The average molecular weight is 284 g/mol. The van der Waals surface area contributed by atoms with Crippen molar-refractivity contribution in [2.24, 2.45) is 0 Å². The molecule has 1 aromatic heterocycles. The number of nitriles is 1. The zero-order valence-electron chi connectivity index (χ0n) is 11.1. The van der Waals surface area contributed by atoms with Gasteiger partial charge in [-0.3, -0.25) is 0 Å². The second-order valence-electron chi connectivity index (χ2n) is 5.11. The Labute approximate surface area is 122 Å². The Morgan fingerprint density at radius 2 is 2.15 bits per heavy atom. The number of benzene rings is 1. The molecule has 3 rings (SSSR count). The summed E-state index contributed by atoms with van der Waals surface area (Å²) in [5, 5.41) is 22.8. The van der Waals surface area contributed by atoms with E-state index < -0.39 is 0 Å². The summed E-state index contributed by atoms with van der Waals surface area (Å²) in [6.07, 6.45) is 2.38. The molecule has 0 spiro atoms. The summed E-state index contributed by atoms with van der Waals surface area (Å²) in [6, 6.07) is 10.6. The molecule has 0 saturated heterocycles. The first kappa shape index (κ1) is 13.2. The lowest BCUT2D eigenvalue weighted by Crippen LogP contribution is -2.25. The first-order chi connectivity index (χ1) is 9.81. The molecule has 1 aliphatic rings. The van der Waals surface area contributed by atoms with Crippen LogP contribution in [0.25, 0.3) is 0 Å². The second kappa shape index (κ2) is 5.66. The minimum Gasteiger partial charge on any atom is -0.392 e. The Morgan fingerprint density at radius 1 is 1.30 bits per heavy atom. The van der Waals surface area contributed by atoms with Gasteiger partial charge in [0.2, 0.25) is 0 Å². The fraction of sp³-hybridized carbons (Fsp3) is 0.312. The van der Waals surface area contributed by atoms with E-state index in [0.29, 0.717) is 11.6 Å². The van der Waals surface area contributed by atoms with Crippen LogP contribution in [0.3, 0.4) is 0 Å². The zero-order valence-corrected chi connectivity index (χ0v) is 11.9. The van der Waals surface area contributed by atoms with Gasteiger partial charge >= 0.3 is 0 Å². The highest BCUT2D eigenvalue weighted by Crippen LogP contribution is 2.35. The summed E-state index contributed by atoms with van der Waals surface area (Å²) in [6.45, 7) is 0.824. The number of rotatable bonds is 5. The molecule has 0 amide bonds. The van der Waals surface area contributed by atoms with E-state index in [9.17, 15) is 10.4 Å². The highest BCUT2D eigenvalue weighted by Gasteiger charge is 2.30. The lowest BCUT2D eigenvalue weighted by Gasteiger charge is -2.25. The quantitative estimate of drug-likeness (QED) is 0.916. The second-order valence-corrected chi connectivity index (χ2v) is 5.89. The number of anilines is 1. The molecule has 1 heterocycles. The van der Waals surface area contributed by atoms with Crippen LogP contribution in [-0.2, 0) is 13.2 Å². The maximum Gasteiger partial charge on any atom is 0.101 e. The van der Waals surface area contributed by atoms with E-state index in [2.05, 4.69) is 27.8 Å². The minimum absolute atomic E-state index is 0.0249. The monoisotopic (exact) mass is 284 g/mol. The van der Waals surface area contributed by atoms with Gasteiger partial charge in [0.05, 0.1) is 17.9 Å². The third kappa shape index (κ3) is 2.69. The van der Waals surface area contributed by atoms with Crippen LogP contribution in [0, 0.1) is 11.3 Å². The van der Waals surface area contributed by atoms with Crippen LogP contribution in [0.5, 0.6) is 0 Å². The van der Waals surface area contributed by atoms with Crippen molar-refractivity contribution >= 4 is 17.0 Å². The molecule has 0 radical (unpaired) electrons. The van der Waals surface area contributed by atoms with Crippen molar-refractivity contribution in [2.75, 3.05) is 4.90 Å². The zero-order chi connectivity index (χ0) is 13.9. The van der Waals surface area contributed by atoms with Crippen LogP contribution >= 0.6 is 11.3 Å². The topological polar surface area (TPSA) is 47.3 Å². The van der Waals surface area contributed by atoms with Gasteiger partial charge in [-0.15, -0.1) is 0 Å². The van der Waals surface area contributed by atoms with Gasteiger partial charge in [0.25, 0.3) is 0 Å². The summed E-state index contributed by atoms with van der Waals surface area (Å²) in [5.41, 5.74) is 3.71. The minimum atomic E-state index is -0.0249.